The molecular weight excluding hydrogens is 223 g/mol. The lowest BCUT2D eigenvalue weighted by atomic mass is 10.1. The number of halogens is 1. The molecule has 0 unspecified atom stereocenters. The molecule has 17 heavy (non-hydrogen) atoms. The Labute approximate surface area is 98.4 Å². The standard InChI is InChI=1S/C12H11FN2O2/c1-4-8-5-6-14-10(9(8)13)15-7-12(2,3)17-11(15)16/h1,5-6H,7H2,2-3H3. The number of amides is 1. The topological polar surface area (TPSA) is 42.4 Å². The number of aromatic nitrogens is 1. The van der Waals surface area contributed by atoms with E-state index in [1.165, 1.54) is 12.3 Å². The maximum atomic E-state index is 13.9. The zero-order chi connectivity index (χ0) is 12.6. The van der Waals surface area contributed by atoms with E-state index in [-0.39, 0.29) is 17.9 Å². The van der Waals surface area contributed by atoms with Crippen molar-refractivity contribution in [3.63, 3.8) is 0 Å². The van der Waals surface area contributed by atoms with Crippen molar-refractivity contribution in [2.45, 2.75) is 19.4 Å². The van der Waals surface area contributed by atoms with Crippen LogP contribution in [0.25, 0.3) is 0 Å². The summed E-state index contributed by atoms with van der Waals surface area (Å²) in [5.41, 5.74) is -0.579. The highest BCUT2D eigenvalue weighted by atomic mass is 19.1. The fourth-order valence-electron chi connectivity index (χ4n) is 1.66. The van der Waals surface area contributed by atoms with Gasteiger partial charge in [-0.2, -0.15) is 0 Å². The van der Waals surface area contributed by atoms with Gasteiger partial charge in [-0.25, -0.2) is 14.2 Å². The maximum Gasteiger partial charge on any atom is 0.416 e. The van der Waals surface area contributed by atoms with Crippen LogP contribution in [-0.4, -0.2) is 23.2 Å². The van der Waals surface area contributed by atoms with E-state index in [1.807, 2.05) is 0 Å². The minimum absolute atomic E-state index is 0.0764. The normalized spacial score (nSPS) is 17.8. The average molecular weight is 234 g/mol. The molecule has 1 amide bonds. The highest BCUT2D eigenvalue weighted by molar-refractivity contribution is 5.89. The first-order valence-corrected chi connectivity index (χ1v) is 5.06. The SMILES string of the molecule is C#Cc1ccnc(N2CC(C)(C)OC2=O)c1F. The van der Waals surface area contributed by atoms with Crippen molar-refractivity contribution in [1.82, 2.24) is 4.98 Å². The molecule has 0 aromatic carbocycles. The molecule has 1 aliphatic rings. The van der Waals surface area contributed by atoms with Gasteiger partial charge in [-0.3, -0.25) is 4.90 Å². The molecule has 0 bridgehead atoms. The molecule has 1 aromatic heterocycles. The van der Waals surface area contributed by atoms with Crippen molar-refractivity contribution in [1.29, 1.82) is 0 Å². The van der Waals surface area contributed by atoms with Gasteiger partial charge in [0.05, 0.1) is 12.1 Å². The van der Waals surface area contributed by atoms with Crippen LogP contribution in [0.2, 0.25) is 0 Å². The predicted molar refractivity (Wildman–Crippen MR) is 60.0 cm³/mol. The van der Waals surface area contributed by atoms with Gasteiger partial charge in [0, 0.05) is 6.20 Å². The van der Waals surface area contributed by atoms with Gasteiger partial charge in [0.25, 0.3) is 0 Å². The number of pyridine rings is 1. The largest absolute Gasteiger partial charge is 0.441 e. The van der Waals surface area contributed by atoms with Crippen molar-refractivity contribution in [3.05, 3.63) is 23.6 Å². The Bertz CT molecular complexity index is 520. The van der Waals surface area contributed by atoms with E-state index in [4.69, 9.17) is 11.2 Å². The van der Waals surface area contributed by atoms with Crippen LogP contribution in [0.5, 0.6) is 0 Å². The van der Waals surface area contributed by atoms with Crippen molar-refractivity contribution in [3.8, 4) is 12.3 Å². The summed E-state index contributed by atoms with van der Waals surface area (Å²) in [5.74, 6) is 1.44. The summed E-state index contributed by atoms with van der Waals surface area (Å²) < 4.78 is 19.0. The van der Waals surface area contributed by atoms with E-state index in [2.05, 4.69) is 10.9 Å². The summed E-state index contributed by atoms with van der Waals surface area (Å²) >= 11 is 0. The molecule has 0 aliphatic carbocycles. The maximum absolute atomic E-state index is 13.9. The molecule has 1 aromatic rings. The zero-order valence-electron chi connectivity index (χ0n) is 9.53. The van der Waals surface area contributed by atoms with Crippen molar-refractivity contribution < 1.29 is 13.9 Å². The molecule has 88 valence electrons. The molecule has 0 spiro atoms. The molecule has 0 atom stereocenters. The van der Waals surface area contributed by atoms with E-state index >= 15 is 0 Å². The van der Waals surface area contributed by atoms with Crippen LogP contribution < -0.4 is 4.90 Å². The van der Waals surface area contributed by atoms with Crippen LogP contribution in [0.3, 0.4) is 0 Å². The second-order valence-electron chi connectivity index (χ2n) is 4.35. The Hall–Kier alpha value is -2.09. The van der Waals surface area contributed by atoms with Crippen molar-refractivity contribution >= 4 is 11.9 Å². The summed E-state index contributed by atoms with van der Waals surface area (Å²) in [6, 6.07) is 1.38. The Morgan fingerprint density at radius 2 is 2.35 bits per heavy atom. The highest BCUT2D eigenvalue weighted by Gasteiger charge is 2.40. The van der Waals surface area contributed by atoms with Gasteiger partial charge in [0.15, 0.2) is 11.6 Å². The lowest BCUT2D eigenvalue weighted by Crippen LogP contribution is -2.29. The van der Waals surface area contributed by atoms with Crippen LogP contribution in [0.15, 0.2) is 12.3 Å². The molecule has 2 rings (SSSR count). The molecule has 1 aliphatic heterocycles. The number of carbonyl (C=O) groups is 1. The Balaban J connectivity index is 2.43. The minimum Gasteiger partial charge on any atom is -0.441 e. The van der Waals surface area contributed by atoms with Gasteiger partial charge < -0.3 is 4.74 Å². The van der Waals surface area contributed by atoms with E-state index < -0.39 is 17.5 Å². The minimum atomic E-state index is -0.676. The third kappa shape index (κ3) is 1.94. The fourth-order valence-corrected chi connectivity index (χ4v) is 1.66. The van der Waals surface area contributed by atoms with Crippen LogP contribution in [0, 0.1) is 18.2 Å². The first-order chi connectivity index (χ1) is 7.94. The van der Waals surface area contributed by atoms with Gasteiger partial charge in [-0.1, -0.05) is 5.92 Å². The van der Waals surface area contributed by atoms with Gasteiger partial charge >= 0.3 is 6.09 Å². The average Bonchev–Trinajstić information content (AvgIpc) is 2.52. The molecule has 5 heteroatoms. The van der Waals surface area contributed by atoms with Crippen LogP contribution >= 0.6 is 0 Å². The first-order valence-electron chi connectivity index (χ1n) is 5.06. The monoisotopic (exact) mass is 234 g/mol. The highest BCUT2D eigenvalue weighted by Crippen LogP contribution is 2.28. The molecule has 0 N–H and O–H groups in total. The number of terminal acetylenes is 1. The fraction of sp³-hybridized carbons (Fsp3) is 0.333. The molecule has 4 nitrogen and oxygen atoms in total. The summed E-state index contributed by atoms with van der Waals surface area (Å²) in [6.45, 7) is 3.73. The van der Waals surface area contributed by atoms with E-state index in [1.54, 1.807) is 13.8 Å². The van der Waals surface area contributed by atoms with E-state index in [0.717, 1.165) is 4.90 Å². The van der Waals surface area contributed by atoms with E-state index in [0.29, 0.717) is 0 Å². The Morgan fingerprint density at radius 3 is 2.88 bits per heavy atom. The number of cyclic esters (lactones) is 1. The number of hydrogen-bond acceptors (Lipinski definition) is 3. The zero-order valence-corrected chi connectivity index (χ0v) is 9.53. The molecule has 1 saturated heterocycles. The quantitative estimate of drug-likeness (QED) is 0.697. The number of ether oxygens (including phenoxy) is 1. The number of hydrogen-bond donors (Lipinski definition) is 0. The molecule has 2 heterocycles. The summed E-state index contributed by atoms with van der Waals surface area (Å²) in [7, 11) is 0. The molecule has 1 fully saturated rings. The molecule has 0 saturated carbocycles. The van der Waals surface area contributed by atoms with Crippen LogP contribution in [0.4, 0.5) is 15.0 Å². The first kappa shape index (κ1) is 11.4. The number of anilines is 1. The van der Waals surface area contributed by atoms with Gasteiger partial charge in [0.1, 0.15) is 5.60 Å². The van der Waals surface area contributed by atoms with Crippen LogP contribution in [0.1, 0.15) is 19.4 Å². The Kier molecular flexibility index (Phi) is 2.50. The van der Waals surface area contributed by atoms with Gasteiger partial charge in [-0.15, -0.1) is 6.42 Å². The van der Waals surface area contributed by atoms with Gasteiger partial charge in [-0.05, 0) is 19.9 Å². The summed E-state index contributed by atoms with van der Waals surface area (Å²) in [5, 5.41) is 0. The van der Waals surface area contributed by atoms with Gasteiger partial charge in [0.2, 0.25) is 0 Å². The van der Waals surface area contributed by atoms with Crippen molar-refractivity contribution in [2.75, 3.05) is 11.4 Å². The Morgan fingerprint density at radius 1 is 1.65 bits per heavy atom. The molecule has 0 radical (unpaired) electrons. The predicted octanol–water partition coefficient (Wildman–Crippen LogP) is 1.94. The number of rotatable bonds is 1. The second kappa shape index (κ2) is 3.74. The summed E-state index contributed by atoms with van der Waals surface area (Å²) in [6.07, 6.45) is 5.91. The molecular formula is C12H11FN2O2. The number of carbonyl (C=O) groups excluding carboxylic acids is 1. The summed E-state index contributed by atoms with van der Waals surface area (Å²) in [4.78, 5) is 16.6. The second-order valence-corrected chi connectivity index (χ2v) is 4.35. The lowest BCUT2D eigenvalue weighted by Gasteiger charge is -2.15. The smallest absolute Gasteiger partial charge is 0.416 e. The number of nitrogens with zero attached hydrogens (tertiary/aromatic N) is 2. The van der Waals surface area contributed by atoms with E-state index in [9.17, 15) is 9.18 Å². The third-order valence-corrected chi connectivity index (χ3v) is 2.40. The lowest BCUT2D eigenvalue weighted by molar-refractivity contribution is 0.0871. The van der Waals surface area contributed by atoms with Crippen molar-refractivity contribution in [2.24, 2.45) is 0 Å². The third-order valence-electron chi connectivity index (χ3n) is 2.40. The van der Waals surface area contributed by atoms with Crippen LogP contribution in [-0.2, 0) is 4.74 Å².